The second kappa shape index (κ2) is 9.29. The van der Waals surface area contributed by atoms with Crippen molar-refractivity contribution in [3.8, 4) is 11.3 Å². The third-order valence-corrected chi connectivity index (χ3v) is 7.71. The molecule has 0 bridgehead atoms. The highest BCUT2D eigenvalue weighted by Gasteiger charge is 2.30. The number of thioether (sulfide) groups is 1. The monoisotopic (exact) mass is 467 g/mol. The van der Waals surface area contributed by atoms with Crippen LogP contribution < -0.4 is 4.90 Å². The van der Waals surface area contributed by atoms with Crippen LogP contribution in [0.2, 0.25) is 0 Å². The van der Waals surface area contributed by atoms with Gasteiger partial charge in [-0.15, -0.1) is 0 Å². The Morgan fingerprint density at radius 1 is 1.06 bits per heavy atom. The molecule has 1 aromatic heterocycles. The average molecular weight is 468 g/mol. The predicted octanol–water partition coefficient (Wildman–Crippen LogP) is 6.40. The predicted molar refractivity (Wildman–Crippen MR) is 128 cm³/mol. The third kappa shape index (κ3) is 4.43. The number of nitrogens with zero attached hydrogens (tertiary/aromatic N) is 3. The van der Waals surface area contributed by atoms with Crippen molar-refractivity contribution < 1.29 is 13.6 Å². The van der Waals surface area contributed by atoms with E-state index in [1.54, 1.807) is 18.2 Å². The molecule has 1 atom stereocenters. The Bertz CT molecular complexity index is 1150. The number of amides is 1. The van der Waals surface area contributed by atoms with E-state index in [2.05, 4.69) is 9.55 Å². The van der Waals surface area contributed by atoms with Gasteiger partial charge in [0.1, 0.15) is 11.6 Å². The second-order valence-electron chi connectivity index (χ2n) is 8.95. The van der Waals surface area contributed by atoms with Gasteiger partial charge in [-0.1, -0.05) is 24.6 Å². The zero-order valence-corrected chi connectivity index (χ0v) is 19.5. The topological polar surface area (TPSA) is 38.1 Å². The van der Waals surface area contributed by atoms with Crippen LogP contribution in [-0.2, 0) is 11.2 Å². The fourth-order valence-electron chi connectivity index (χ4n) is 5.10. The summed E-state index contributed by atoms with van der Waals surface area (Å²) in [6, 6.07) is 11.6. The second-order valence-corrected chi connectivity index (χ2v) is 9.90. The fourth-order valence-corrected chi connectivity index (χ4v) is 6.00. The molecule has 2 aromatic carbocycles. The van der Waals surface area contributed by atoms with Crippen molar-refractivity contribution in [2.24, 2.45) is 0 Å². The van der Waals surface area contributed by atoms with Crippen LogP contribution in [0.25, 0.3) is 11.3 Å². The molecule has 172 valence electrons. The van der Waals surface area contributed by atoms with Crippen molar-refractivity contribution in [2.45, 2.75) is 62.7 Å². The van der Waals surface area contributed by atoms with Gasteiger partial charge in [-0.3, -0.25) is 4.79 Å². The first kappa shape index (κ1) is 22.1. The van der Waals surface area contributed by atoms with Gasteiger partial charge in [-0.25, -0.2) is 13.8 Å². The highest BCUT2D eigenvalue weighted by molar-refractivity contribution is 7.99. The van der Waals surface area contributed by atoms with Crippen LogP contribution in [0.1, 0.15) is 50.6 Å². The Hall–Kier alpha value is -2.67. The summed E-state index contributed by atoms with van der Waals surface area (Å²) in [5.41, 5.74) is 3.59. The van der Waals surface area contributed by atoms with Crippen LogP contribution in [0, 0.1) is 11.6 Å². The molecular weight excluding hydrogens is 440 g/mol. The molecule has 0 radical (unpaired) electrons. The first-order valence-electron chi connectivity index (χ1n) is 11.6. The van der Waals surface area contributed by atoms with Gasteiger partial charge in [-0.2, -0.15) is 0 Å². The van der Waals surface area contributed by atoms with E-state index in [1.807, 2.05) is 18.0 Å². The number of fused-ring (bicyclic) bond motifs is 1. The zero-order valence-electron chi connectivity index (χ0n) is 18.6. The van der Waals surface area contributed by atoms with Crippen LogP contribution in [0.5, 0.6) is 0 Å². The van der Waals surface area contributed by atoms with Crippen molar-refractivity contribution in [3.05, 3.63) is 65.9 Å². The van der Waals surface area contributed by atoms with E-state index in [9.17, 15) is 13.6 Å². The summed E-state index contributed by atoms with van der Waals surface area (Å²) in [6.45, 7) is 2.04. The molecule has 0 spiro atoms. The van der Waals surface area contributed by atoms with E-state index in [1.165, 1.54) is 48.9 Å². The number of hydrogen-bond donors (Lipinski definition) is 0. The SMILES string of the molecule is C[C@H]1CCc2cc(F)ccc2N1C(=O)CSc1ncc(-c2ccc(F)cc2)n1C1CCCC1. The Morgan fingerprint density at radius 2 is 1.79 bits per heavy atom. The van der Waals surface area contributed by atoms with Crippen molar-refractivity contribution >= 4 is 23.4 Å². The number of rotatable bonds is 5. The maximum absolute atomic E-state index is 13.7. The number of imidazole rings is 1. The summed E-state index contributed by atoms with van der Waals surface area (Å²) in [5.74, 6) is -0.267. The number of carbonyl (C=O) groups excluding carboxylic acids is 1. The minimum atomic E-state index is -0.267. The molecule has 1 saturated carbocycles. The van der Waals surface area contributed by atoms with E-state index in [4.69, 9.17) is 0 Å². The Balaban J connectivity index is 1.40. The number of carbonyl (C=O) groups is 1. The van der Waals surface area contributed by atoms with Gasteiger partial charge in [0.15, 0.2) is 5.16 Å². The lowest BCUT2D eigenvalue weighted by Crippen LogP contribution is -2.43. The molecule has 1 amide bonds. The third-order valence-electron chi connectivity index (χ3n) is 6.76. The molecule has 1 aliphatic carbocycles. The molecule has 3 aromatic rings. The lowest BCUT2D eigenvalue weighted by molar-refractivity contribution is -0.116. The molecular formula is C26H27F2N3OS. The molecule has 1 fully saturated rings. The fraction of sp³-hybridized carbons (Fsp3) is 0.385. The normalized spacial score (nSPS) is 18.5. The molecule has 0 unspecified atom stereocenters. The Labute approximate surface area is 197 Å². The lowest BCUT2D eigenvalue weighted by atomic mass is 9.96. The van der Waals surface area contributed by atoms with E-state index in [0.717, 1.165) is 53.3 Å². The summed E-state index contributed by atoms with van der Waals surface area (Å²) in [6.07, 6.45) is 7.93. The zero-order chi connectivity index (χ0) is 22.9. The minimum absolute atomic E-state index is 0.00404. The lowest BCUT2D eigenvalue weighted by Gasteiger charge is -2.35. The summed E-state index contributed by atoms with van der Waals surface area (Å²) < 4.78 is 29.4. The van der Waals surface area contributed by atoms with Gasteiger partial charge >= 0.3 is 0 Å². The van der Waals surface area contributed by atoms with Gasteiger partial charge in [-0.05, 0) is 86.2 Å². The molecule has 0 N–H and O–H groups in total. The molecule has 2 heterocycles. The average Bonchev–Trinajstić information content (AvgIpc) is 3.48. The smallest absolute Gasteiger partial charge is 0.237 e. The van der Waals surface area contributed by atoms with E-state index in [-0.39, 0.29) is 29.3 Å². The highest BCUT2D eigenvalue weighted by atomic mass is 32.2. The van der Waals surface area contributed by atoms with Gasteiger partial charge in [0, 0.05) is 17.8 Å². The van der Waals surface area contributed by atoms with E-state index in [0.29, 0.717) is 6.04 Å². The van der Waals surface area contributed by atoms with Crippen molar-refractivity contribution in [1.29, 1.82) is 0 Å². The molecule has 1 aliphatic heterocycles. The molecule has 5 rings (SSSR count). The maximum atomic E-state index is 13.7. The van der Waals surface area contributed by atoms with Gasteiger partial charge in [0.05, 0.1) is 17.6 Å². The first-order chi connectivity index (χ1) is 16.0. The van der Waals surface area contributed by atoms with Crippen molar-refractivity contribution in [2.75, 3.05) is 10.7 Å². The summed E-state index contributed by atoms with van der Waals surface area (Å²) >= 11 is 1.45. The van der Waals surface area contributed by atoms with Crippen LogP contribution in [0.4, 0.5) is 14.5 Å². The standard InChI is InChI=1S/C26H27F2N3OS/c1-17-6-7-19-14-21(28)12-13-23(19)30(17)25(32)16-33-26-29-15-24(18-8-10-20(27)11-9-18)31(26)22-4-2-3-5-22/h8-15,17,22H,2-7,16H2,1H3/t17-/m0/s1. The first-order valence-corrected chi connectivity index (χ1v) is 12.6. The number of anilines is 1. The number of aromatic nitrogens is 2. The van der Waals surface area contributed by atoms with E-state index < -0.39 is 0 Å². The highest BCUT2D eigenvalue weighted by Crippen LogP contribution is 2.38. The largest absolute Gasteiger partial charge is 0.316 e. The quantitative estimate of drug-likeness (QED) is 0.407. The van der Waals surface area contributed by atoms with E-state index >= 15 is 0 Å². The number of benzene rings is 2. The molecule has 33 heavy (non-hydrogen) atoms. The van der Waals surface area contributed by atoms with Gasteiger partial charge < -0.3 is 9.47 Å². The summed E-state index contributed by atoms with van der Waals surface area (Å²) in [7, 11) is 0. The number of hydrogen-bond acceptors (Lipinski definition) is 3. The Kier molecular flexibility index (Phi) is 6.23. The van der Waals surface area contributed by atoms with Crippen LogP contribution in [0.3, 0.4) is 0 Å². The van der Waals surface area contributed by atoms with Crippen molar-refractivity contribution in [1.82, 2.24) is 9.55 Å². The number of halogens is 2. The summed E-state index contributed by atoms with van der Waals surface area (Å²) in [5, 5.41) is 0.818. The maximum Gasteiger partial charge on any atom is 0.237 e. The van der Waals surface area contributed by atoms with Gasteiger partial charge in [0.25, 0.3) is 0 Å². The minimum Gasteiger partial charge on any atom is -0.316 e. The van der Waals surface area contributed by atoms with Crippen LogP contribution >= 0.6 is 11.8 Å². The number of aryl methyl sites for hydroxylation is 1. The van der Waals surface area contributed by atoms with Crippen LogP contribution in [-0.4, -0.2) is 27.3 Å². The van der Waals surface area contributed by atoms with Crippen molar-refractivity contribution in [3.63, 3.8) is 0 Å². The summed E-state index contributed by atoms with van der Waals surface area (Å²) in [4.78, 5) is 19.8. The molecule has 0 saturated heterocycles. The van der Waals surface area contributed by atoms with Gasteiger partial charge in [0.2, 0.25) is 5.91 Å². The van der Waals surface area contributed by atoms with Crippen LogP contribution in [0.15, 0.2) is 53.8 Å². The molecule has 4 nitrogen and oxygen atoms in total. The molecule has 7 heteroatoms. The Morgan fingerprint density at radius 3 is 2.55 bits per heavy atom. The molecule has 2 aliphatic rings.